The molecule has 0 radical (unpaired) electrons. The Labute approximate surface area is 139 Å². The normalized spacial score (nSPS) is 19.4. The Morgan fingerprint density at radius 1 is 1.08 bits per heavy atom. The zero-order chi connectivity index (χ0) is 18.2. The van der Waals surface area contributed by atoms with Crippen LogP contribution in [-0.4, -0.2) is 38.6 Å². The van der Waals surface area contributed by atoms with Gasteiger partial charge in [-0.15, -0.1) is 13.2 Å². The maximum Gasteiger partial charge on any atom is 0.573 e. The summed E-state index contributed by atoms with van der Waals surface area (Å²) < 4.78 is 63.1. The van der Waals surface area contributed by atoms with Gasteiger partial charge in [0.25, 0.3) is 0 Å². The molecule has 1 heterocycles. The number of benzene rings is 1. The van der Waals surface area contributed by atoms with Crippen molar-refractivity contribution in [3.05, 3.63) is 18.2 Å². The van der Waals surface area contributed by atoms with Crippen molar-refractivity contribution < 1.29 is 36.7 Å². The molecule has 0 spiro atoms. The van der Waals surface area contributed by atoms with Crippen LogP contribution in [0.5, 0.6) is 11.5 Å². The molecule has 1 aliphatic heterocycles. The van der Waals surface area contributed by atoms with Gasteiger partial charge in [-0.2, -0.15) is 0 Å². The summed E-state index contributed by atoms with van der Waals surface area (Å²) in [5.41, 5.74) is -0.713. The van der Waals surface area contributed by atoms with Gasteiger partial charge >= 0.3 is 13.5 Å². The lowest BCUT2D eigenvalue weighted by molar-refractivity contribution is -0.274. The molecule has 0 N–H and O–H groups in total. The fourth-order valence-electron chi connectivity index (χ4n) is 2.12. The fraction of sp³-hybridized carbons (Fsp3) is 0.600. The van der Waals surface area contributed by atoms with Gasteiger partial charge in [-0.05, 0) is 33.8 Å². The Morgan fingerprint density at radius 3 is 2.17 bits per heavy atom. The van der Waals surface area contributed by atoms with Crippen LogP contribution in [0.4, 0.5) is 13.2 Å². The lowest BCUT2D eigenvalue weighted by atomic mass is 9.78. The summed E-state index contributed by atoms with van der Waals surface area (Å²) in [5.74, 6) is -0.258. The number of rotatable bonds is 5. The van der Waals surface area contributed by atoms with Crippen LogP contribution in [0.2, 0.25) is 0 Å². The van der Waals surface area contributed by atoms with Crippen LogP contribution < -0.4 is 14.9 Å². The van der Waals surface area contributed by atoms with E-state index in [1.807, 2.05) is 27.7 Å². The number of alkyl halides is 3. The van der Waals surface area contributed by atoms with E-state index in [4.69, 9.17) is 18.8 Å². The molecule has 0 saturated carbocycles. The lowest BCUT2D eigenvalue weighted by Crippen LogP contribution is -2.41. The van der Waals surface area contributed by atoms with Crippen molar-refractivity contribution in [3.63, 3.8) is 0 Å². The fourth-order valence-corrected chi connectivity index (χ4v) is 2.12. The van der Waals surface area contributed by atoms with E-state index in [-0.39, 0.29) is 12.5 Å². The molecular weight excluding hydrogens is 328 g/mol. The van der Waals surface area contributed by atoms with E-state index in [1.165, 1.54) is 19.2 Å². The van der Waals surface area contributed by atoms with Crippen molar-refractivity contribution in [1.82, 2.24) is 0 Å². The minimum Gasteiger partial charge on any atom is -0.468 e. The quantitative estimate of drug-likeness (QED) is 0.605. The first-order valence-corrected chi connectivity index (χ1v) is 7.32. The zero-order valence-electron chi connectivity index (χ0n) is 14.2. The highest BCUT2D eigenvalue weighted by Crippen LogP contribution is 2.37. The maximum absolute atomic E-state index is 12.4. The monoisotopic (exact) mass is 348 g/mol. The first-order valence-electron chi connectivity index (χ1n) is 7.32. The molecule has 5 nitrogen and oxygen atoms in total. The molecule has 0 aliphatic carbocycles. The molecule has 0 bridgehead atoms. The standard InChI is InChI=1S/C15H20BF3O5/c1-13(2)14(3,4)24-16(23-13)11-7-6-10(22-15(17,18)19)8-12(11)21-9-20-5/h6-8H,9H2,1-5H3. The highest BCUT2D eigenvalue weighted by atomic mass is 19.4. The van der Waals surface area contributed by atoms with E-state index in [0.29, 0.717) is 5.46 Å². The summed E-state index contributed by atoms with van der Waals surface area (Å²) in [6.45, 7) is 7.38. The number of ether oxygens (including phenoxy) is 3. The minimum atomic E-state index is -4.79. The molecule has 134 valence electrons. The molecule has 0 unspecified atom stereocenters. The number of hydrogen-bond donors (Lipinski definition) is 0. The van der Waals surface area contributed by atoms with Crippen LogP contribution in [0.25, 0.3) is 0 Å². The van der Waals surface area contributed by atoms with E-state index >= 15 is 0 Å². The van der Waals surface area contributed by atoms with Crippen LogP contribution in [0.15, 0.2) is 18.2 Å². The van der Waals surface area contributed by atoms with Crippen LogP contribution in [0, 0.1) is 0 Å². The van der Waals surface area contributed by atoms with Crippen molar-refractivity contribution in [2.45, 2.75) is 45.3 Å². The number of methoxy groups -OCH3 is 1. The molecule has 1 aliphatic rings. The second-order valence-corrected chi connectivity index (χ2v) is 6.39. The Morgan fingerprint density at radius 2 is 1.67 bits per heavy atom. The van der Waals surface area contributed by atoms with Gasteiger partial charge in [0.1, 0.15) is 11.5 Å². The average molecular weight is 348 g/mol. The molecular formula is C15H20BF3O5. The van der Waals surface area contributed by atoms with E-state index < -0.39 is 30.4 Å². The largest absolute Gasteiger partial charge is 0.573 e. The molecule has 1 aromatic carbocycles. The summed E-state index contributed by atoms with van der Waals surface area (Å²) in [7, 11) is 0.631. The van der Waals surface area contributed by atoms with Crippen molar-refractivity contribution in [2.75, 3.05) is 13.9 Å². The summed E-state index contributed by atoms with van der Waals surface area (Å²) in [6.07, 6.45) is -4.79. The van der Waals surface area contributed by atoms with Crippen LogP contribution >= 0.6 is 0 Å². The third kappa shape index (κ3) is 4.14. The lowest BCUT2D eigenvalue weighted by Gasteiger charge is -2.32. The van der Waals surface area contributed by atoms with Gasteiger partial charge in [-0.3, -0.25) is 0 Å². The number of halogens is 3. The van der Waals surface area contributed by atoms with Crippen LogP contribution in [0.3, 0.4) is 0 Å². The molecule has 0 aromatic heterocycles. The maximum atomic E-state index is 12.4. The van der Waals surface area contributed by atoms with Crippen molar-refractivity contribution in [1.29, 1.82) is 0 Å². The number of hydrogen-bond acceptors (Lipinski definition) is 5. The molecule has 0 amide bonds. The predicted octanol–water partition coefficient (Wildman–Crippen LogP) is 2.87. The molecule has 1 fully saturated rings. The van der Waals surface area contributed by atoms with Gasteiger partial charge in [0.2, 0.25) is 0 Å². The third-order valence-corrected chi connectivity index (χ3v) is 4.06. The van der Waals surface area contributed by atoms with Gasteiger partial charge in [-0.1, -0.05) is 6.07 Å². The molecule has 1 aromatic rings. The smallest absolute Gasteiger partial charge is 0.468 e. The molecule has 24 heavy (non-hydrogen) atoms. The van der Waals surface area contributed by atoms with Gasteiger partial charge in [0, 0.05) is 18.6 Å². The highest BCUT2D eigenvalue weighted by molar-refractivity contribution is 6.63. The van der Waals surface area contributed by atoms with Crippen molar-refractivity contribution in [3.8, 4) is 11.5 Å². The van der Waals surface area contributed by atoms with Gasteiger partial charge in [0.15, 0.2) is 6.79 Å². The van der Waals surface area contributed by atoms with Crippen LogP contribution in [-0.2, 0) is 14.0 Å². The Bertz CT molecular complexity index is 573. The molecule has 0 atom stereocenters. The van der Waals surface area contributed by atoms with Crippen molar-refractivity contribution in [2.24, 2.45) is 0 Å². The summed E-state index contributed by atoms with van der Waals surface area (Å²) in [5, 5.41) is 0. The van der Waals surface area contributed by atoms with Gasteiger partial charge in [-0.25, -0.2) is 0 Å². The zero-order valence-corrected chi connectivity index (χ0v) is 14.2. The predicted molar refractivity (Wildman–Crippen MR) is 81.3 cm³/mol. The average Bonchev–Trinajstić information content (AvgIpc) is 2.63. The third-order valence-electron chi connectivity index (χ3n) is 4.06. The van der Waals surface area contributed by atoms with E-state index in [0.717, 1.165) is 6.07 Å². The highest BCUT2D eigenvalue weighted by Gasteiger charge is 2.52. The first-order chi connectivity index (χ1) is 11.0. The van der Waals surface area contributed by atoms with E-state index in [9.17, 15) is 13.2 Å². The topological polar surface area (TPSA) is 46.2 Å². The molecule has 9 heteroatoms. The first kappa shape index (κ1) is 18.9. The Kier molecular flexibility index (Phi) is 5.08. The van der Waals surface area contributed by atoms with Gasteiger partial charge < -0.3 is 23.5 Å². The summed E-state index contributed by atoms with van der Waals surface area (Å²) >= 11 is 0. The molecule has 1 saturated heterocycles. The Hall–Kier alpha value is -1.45. The Balaban J connectivity index is 2.32. The second kappa shape index (κ2) is 6.46. The van der Waals surface area contributed by atoms with E-state index in [2.05, 4.69) is 4.74 Å². The second-order valence-electron chi connectivity index (χ2n) is 6.39. The minimum absolute atomic E-state index is 0.136. The van der Waals surface area contributed by atoms with Crippen molar-refractivity contribution >= 4 is 12.6 Å². The summed E-state index contributed by atoms with van der Waals surface area (Å²) in [4.78, 5) is 0. The summed E-state index contributed by atoms with van der Waals surface area (Å²) in [6, 6.07) is 3.74. The SMILES string of the molecule is COCOc1cc(OC(F)(F)F)ccc1B1OC(C)(C)C(C)(C)O1. The van der Waals surface area contributed by atoms with Gasteiger partial charge in [0.05, 0.1) is 11.2 Å². The van der Waals surface area contributed by atoms with E-state index in [1.54, 1.807) is 0 Å². The van der Waals surface area contributed by atoms with Crippen LogP contribution in [0.1, 0.15) is 27.7 Å². The molecule has 2 rings (SSSR count).